The molecule has 0 aliphatic heterocycles. The maximum atomic E-state index is 12.8. The average Bonchev–Trinajstić information content (AvgIpc) is 3.55. The third-order valence-electron chi connectivity index (χ3n) is 5.72. The third-order valence-corrected chi connectivity index (χ3v) is 5.72. The van der Waals surface area contributed by atoms with Gasteiger partial charge in [0.1, 0.15) is 11.3 Å². The molecule has 5 aromatic rings. The monoisotopic (exact) mass is 499 g/mol. The van der Waals surface area contributed by atoms with Gasteiger partial charge in [-0.3, -0.25) is 14.9 Å². The van der Waals surface area contributed by atoms with E-state index in [9.17, 15) is 14.9 Å². The Bertz CT molecular complexity index is 1650. The highest BCUT2D eigenvalue weighted by atomic mass is 16.6. The van der Waals surface area contributed by atoms with Gasteiger partial charge >= 0.3 is 0 Å². The number of oxazole rings is 1. The van der Waals surface area contributed by atoms with E-state index in [-0.39, 0.29) is 17.2 Å². The number of nitro groups is 1. The highest BCUT2D eigenvalue weighted by Gasteiger charge is 2.20. The molecule has 1 N–H and O–H groups in total. The zero-order chi connectivity index (χ0) is 26.1. The number of furan rings is 1. The summed E-state index contributed by atoms with van der Waals surface area (Å²) in [4.78, 5) is 28.3. The van der Waals surface area contributed by atoms with Gasteiger partial charge in [-0.1, -0.05) is 6.07 Å². The summed E-state index contributed by atoms with van der Waals surface area (Å²) in [6.45, 7) is 1.76. The molecule has 2 aromatic heterocycles. The molecule has 186 valence electrons. The number of rotatable bonds is 7. The first kappa shape index (κ1) is 23.6. The van der Waals surface area contributed by atoms with Crippen molar-refractivity contribution in [1.29, 1.82) is 0 Å². The number of hydrogen-bond acceptors (Lipinski definition) is 8. The van der Waals surface area contributed by atoms with E-state index in [2.05, 4.69) is 10.3 Å². The molecule has 0 bridgehead atoms. The molecule has 0 atom stereocenters. The van der Waals surface area contributed by atoms with Crippen molar-refractivity contribution >= 4 is 28.4 Å². The van der Waals surface area contributed by atoms with Gasteiger partial charge in [-0.05, 0) is 67.1 Å². The van der Waals surface area contributed by atoms with Gasteiger partial charge in [0.25, 0.3) is 11.6 Å². The first-order valence-corrected chi connectivity index (χ1v) is 11.2. The van der Waals surface area contributed by atoms with Crippen molar-refractivity contribution in [3.05, 3.63) is 88.2 Å². The van der Waals surface area contributed by atoms with Crippen LogP contribution in [0.1, 0.15) is 16.1 Å². The van der Waals surface area contributed by atoms with Crippen LogP contribution in [0.25, 0.3) is 33.9 Å². The second kappa shape index (κ2) is 9.50. The summed E-state index contributed by atoms with van der Waals surface area (Å²) in [6, 6.07) is 18.2. The Morgan fingerprint density at radius 2 is 1.76 bits per heavy atom. The Labute approximate surface area is 210 Å². The first-order chi connectivity index (χ1) is 17.9. The average molecular weight is 499 g/mol. The van der Waals surface area contributed by atoms with Gasteiger partial charge < -0.3 is 23.6 Å². The Morgan fingerprint density at radius 1 is 0.946 bits per heavy atom. The van der Waals surface area contributed by atoms with E-state index in [1.54, 1.807) is 63.6 Å². The topological polar surface area (TPSA) is 130 Å². The lowest BCUT2D eigenvalue weighted by Gasteiger charge is -2.07. The molecule has 1 amide bonds. The molecule has 2 heterocycles. The third kappa shape index (κ3) is 4.59. The van der Waals surface area contributed by atoms with Crippen molar-refractivity contribution in [1.82, 2.24) is 4.98 Å². The van der Waals surface area contributed by atoms with Crippen LogP contribution in [-0.2, 0) is 0 Å². The molecule has 0 aliphatic rings. The molecule has 0 fully saturated rings. The molecular formula is C27H21N3O7. The number of carbonyl (C=O) groups excluding carboxylic acids is 1. The standard InChI is InChI=1S/C27H21N3O7/c1-15-4-7-18(20(12-15)30(32)33)21-10-11-24(36-21)26(31)28-17-6-9-22-19(14-17)29-27(37-22)16-5-8-23(34-2)25(13-16)35-3/h4-14H,1-3H3,(H,28,31). The number of anilines is 1. The number of benzene rings is 3. The van der Waals surface area contributed by atoms with Gasteiger partial charge in [0.2, 0.25) is 5.89 Å². The second-order valence-corrected chi connectivity index (χ2v) is 8.17. The summed E-state index contributed by atoms with van der Waals surface area (Å²) in [7, 11) is 3.11. The summed E-state index contributed by atoms with van der Waals surface area (Å²) in [5.74, 6) is 1.24. The van der Waals surface area contributed by atoms with Crippen molar-refractivity contribution in [3.63, 3.8) is 0 Å². The van der Waals surface area contributed by atoms with E-state index < -0.39 is 10.8 Å². The molecule has 0 saturated carbocycles. The number of amides is 1. The SMILES string of the molecule is COc1ccc(-c2nc3cc(NC(=O)c4ccc(-c5ccc(C)cc5[N+](=O)[O-])o4)ccc3o2)cc1OC. The number of carbonyl (C=O) groups is 1. The highest BCUT2D eigenvalue weighted by molar-refractivity contribution is 6.03. The largest absolute Gasteiger partial charge is 0.493 e. The molecule has 0 spiro atoms. The Morgan fingerprint density at radius 3 is 2.51 bits per heavy atom. The predicted octanol–water partition coefficient (Wildman–Crippen LogP) is 6.24. The number of nitrogens with zero attached hydrogens (tertiary/aromatic N) is 2. The number of hydrogen-bond donors (Lipinski definition) is 1. The molecule has 10 heteroatoms. The molecule has 3 aromatic carbocycles. The van der Waals surface area contributed by atoms with Crippen LogP contribution >= 0.6 is 0 Å². The number of ether oxygens (including phenoxy) is 2. The fourth-order valence-corrected chi connectivity index (χ4v) is 3.90. The van der Waals surface area contributed by atoms with E-state index in [0.717, 1.165) is 5.56 Å². The van der Waals surface area contributed by atoms with Gasteiger partial charge in [0.15, 0.2) is 22.8 Å². The number of aromatic nitrogens is 1. The summed E-state index contributed by atoms with van der Waals surface area (Å²) < 4.78 is 22.1. The number of nitrogens with one attached hydrogen (secondary N) is 1. The zero-order valence-corrected chi connectivity index (χ0v) is 20.1. The Balaban J connectivity index is 1.37. The van der Waals surface area contributed by atoms with Gasteiger partial charge in [-0.25, -0.2) is 4.98 Å². The van der Waals surface area contributed by atoms with Gasteiger partial charge in [0, 0.05) is 17.3 Å². The number of aryl methyl sites for hydroxylation is 1. The van der Waals surface area contributed by atoms with Crippen LogP contribution in [0.5, 0.6) is 11.5 Å². The van der Waals surface area contributed by atoms with Crippen molar-refractivity contribution in [3.8, 4) is 34.3 Å². The van der Waals surface area contributed by atoms with E-state index in [4.69, 9.17) is 18.3 Å². The van der Waals surface area contributed by atoms with Crippen molar-refractivity contribution in [2.45, 2.75) is 6.92 Å². The van der Waals surface area contributed by atoms with Crippen LogP contribution in [-0.4, -0.2) is 30.0 Å². The fourth-order valence-electron chi connectivity index (χ4n) is 3.90. The zero-order valence-electron chi connectivity index (χ0n) is 20.1. The maximum absolute atomic E-state index is 12.8. The van der Waals surface area contributed by atoms with Crippen LogP contribution < -0.4 is 14.8 Å². The number of fused-ring (bicyclic) bond motifs is 1. The van der Waals surface area contributed by atoms with Crippen molar-refractivity contribution in [2.75, 3.05) is 19.5 Å². The van der Waals surface area contributed by atoms with Crippen molar-refractivity contribution in [2.24, 2.45) is 0 Å². The molecule has 10 nitrogen and oxygen atoms in total. The second-order valence-electron chi connectivity index (χ2n) is 8.17. The van der Waals surface area contributed by atoms with Crippen LogP contribution in [0.15, 0.2) is 75.6 Å². The van der Waals surface area contributed by atoms with E-state index >= 15 is 0 Å². The molecule has 37 heavy (non-hydrogen) atoms. The predicted molar refractivity (Wildman–Crippen MR) is 136 cm³/mol. The summed E-state index contributed by atoms with van der Waals surface area (Å²) in [5, 5.41) is 14.2. The lowest BCUT2D eigenvalue weighted by Crippen LogP contribution is -2.10. The lowest BCUT2D eigenvalue weighted by molar-refractivity contribution is -0.384. The van der Waals surface area contributed by atoms with Crippen molar-refractivity contribution < 1.29 is 28.0 Å². The Kier molecular flexibility index (Phi) is 6.06. The minimum Gasteiger partial charge on any atom is -0.493 e. The van der Waals surface area contributed by atoms with E-state index in [1.807, 2.05) is 6.07 Å². The van der Waals surface area contributed by atoms with Crippen LogP contribution in [0, 0.1) is 17.0 Å². The van der Waals surface area contributed by atoms with Crippen LogP contribution in [0.3, 0.4) is 0 Å². The van der Waals surface area contributed by atoms with E-state index in [0.29, 0.717) is 45.3 Å². The molecule has 0 aliphatic carbocycles. The smallest absolute Gasteiger partial charge is 0.291 e. The van der Waals surface area contributed by atoms with E-state index in [1.165, 1.54) is 18.2 Å². The molecule has 0 unspecified atom stereocenters. The minimum absolute atomic E-state index is 0.0103. The highest BCUT2D eigenvalue weighted by Crippen LogP contribution is 2.34. The molecule has 0 saturated heterocycles. The number of methoxy groups -OCH3 is 2. The fraction of sp³-hybridized carbons (Fsp3) is 0.111. The molecule has 5 rings (SSSR count). The van der Waals surface area contributed by atoms with Gasteiger partial charge in [-0.2, -0.15) is 0 Å². The molecular weight excluding hydrogens is 478 g/mol. The minimum atomic E-state index is -0.510. The summed E-state index contributed by atoms with van der Waals surface area (Å²) in [5.41, 5.74) is 3.20. The number of nitro benzene ring substituents is 1. The van der Waals surface area contributed by atoms with Crippen LogP contribution in [0.2, 0.25) is 0 Å². The quantitative estimate of drug-likeness (QED) is 0.206. The van der Waals surface area contributed by atoms with Gasteiger partial charge in [0.05, 0.1) is 24.7 Å². The van der Waals surface area contributed by atoms with Gasteiger partial charge in [-0.15, -0.1) is 0 Å². The summed E-state index contributed by atoms with van der Waals surface area (Å²) >= 11 is 0. The molecule has 0 radical (unpaired) electrons. The summed E-state index contributed by atoms with van der Waals surface area (Å²) in [6.07, 6.45) is 0. The first-order valence-electron chi connectivity index (χ1n) is 11.2. The van der Waals surface area contributed by atoms with Crippen LogP contribution in [0.4, 0.5) is 11.4 Å². The maximum Gasteiger partial charge on any atom is 0.291 e. The Hall–Kier alpha value is -5.12. The normalized spacial score (nSPS) is 10.9. The lowest BCUT2D eigenvalue weighted by atomic mass is 10.1.